The van der Waals surface area contributed by atoms with Gasteiger partial charge in [-0.1, -0.05) is 0 Å². The van der Waals surface area contributed by atoms with Gasteiger partial charge in [0.25, 0.3) is 5.91 Å². The number of nitrogens with zero attached hydrogens (tertiary/aromatic N) is 2. The Balaban J connectivity index is 2.12. The van der Waals surface area contributed by atoms with Crippen molar-refractivity contribution in [2.75, 3.05) is 26.7 Å². The van der Waals surface area contributed by atoms with Crippen molar-refractivity contribution in [1.82, 2.24) is 9.80 Å². The SMILES string of the molecule is CC1CN(C)CCCN1C(=O)c1cc(S)cs1. The molecule has 0 saturated carbocycles. The fourth-order valence-electron chi connectivity index (χ4n) is 2.25. The third-order valence-corrected chi connectivity index (χ3v) is 4.46. The molecule has 94 valence electrons. The van der Waals surface area contributed by atoms with Crippen molar-refractivity contribution in [2.45, 2.75) is 24.3 Å². The van der Waals surface area contributed by atoms with Crippen molar-refractivity contribution >= 4 is 29.9 Å². The van der Waals surface area contributed by atoms with Crippen LogP contribution in [0.3, 0.4) is 0 Å². The quantitative estimate of drug-likeness (QED) is 0.791. The lowest BCUT2D eigenvalue weighted by atomic mass is 10.2. The highest BCUT2D eigenvalue weighted by atomic mass is 32.1. The zero-order chi connectivity index (χ0) is 12.4. The second-order valence-electron chi connectivity index (χ2n) is 4.63. The normalized spacial score (nSPS) is 22.5. The second kappa shape index (κ2) is 5.42. The van der Waals surface area contributed by atoms with Crippen molar-refractivity contribution in [2.24, 2.45) is 0 Å². The van der Waals surface area contributed by atoms with Crippen molar-refractivity contribution in [1.29, 1.82) is 0 Å². The van der Waals surface area contributed by atoms with Crippen LogP contribution in [0, 0.1) is 0 Å². The minimum absolute atomic E-state index is 0.151. The smallest absolute Gasteiger partial charge is 0.264 e. The Morgan fingerprint density at radius 3 is 2.94 bits per heavy atom. The summed E-state index contributed by atoms with van der Waals surface area (Å²) in [4.78, 5) is 18.3. The van der Waals surface area contributed by atoms with Gasteiger partial charge in [-0.2, -0.15) is 0 Å². The van der Waals surface area contributed by atoms with E-state index in [0.29, 0.717) is 0 Å². The lowest BCUT2D eigenvalue weighted by molar-refractivity contribution is 0.0701. The highest BCUT2D eigenvalue weighted by Crippen LogP contribution is 2.21. The zero-order valence-corrected chi connectivity index (χ0v) is 11.9. The Morgan fingerprint density at radius 1 is 1.53 bits per heavy atom. The van der Waals surface area contributed by atoms with Gasteiger partial charge in [0.1, 0.15) is 0 Å². The molecule has 1 fully saturated rings. The monoisotopic (exact) mass is 270 g/mol. The summed E-state index contributed by atoms with van der Waals surface area (Å²) in [6, 6.07) is 2.14. The first-order valence-corrected chi connectivity index (χ1v) is 7.17. The number of hydrogen-bond donors (Lipinski definition) is 1. The van der Waals surface area contributed by atoms with Gasteiger partial charge < -0.3 is 9.80 Å². The number of likely N-dealkylation sites (N-methyl/N-ethyl adjacent to an activating group) is 1. The molecule has 1 amide bonds. The molecular formula is C12H18N2OS2. The Kier molecular flexibility index (Phi) is 4.12. The molecule has 1 aliphatic heterocycles. The molecule has 1 aromatic rings. The maximum atomic E-state index is 12.4. The van der Waals surface area contributed by atoms with Gasteiger partial charge in [-0.25, -0.2) is 0 Å². The fourth-order valence-corrected chi connectivity index (χ4v) is 3.36. The summed E-state index contributed by atoms with van der Waals surface area (Å²) in [5.74, 6) is 0.151. The van der Waals surface area contributed by atoms with Gasteiger partial charge in [0.05, 0.1) is 4.88 Å². The maximum Gasteiger partial charge on any atom is 0.264 e. The van der Waals surface area contributed by atoms with Gasteiger partial charge in [0.2, 0.25) is 0 Å². The first-order valence-electron chi connectivity index (χ1n) is 5.85. The molecule has 2 rings (SSSR count). The summed E-state index contributed by atoms with van der Waals surface area (Å²) in [7, 11) is 2.11. The Labute approximate surface area is 112 Å². The van der Waals surface area contributed by atoms with E-state index in [4.69, 9.17) is 0 Å². The van der Waals surface area contributed by atoms with Gasteiger partial charge in [-0.3, -0.25) is 4.79 Å². The van der Waals surface area contributed by atoms with Gasteiger partial charge in [0.15, 0.2) is 0 Å². The van der Waals surface area contributed by atoms with Crippen LogP contribution in [-0.4, -0.2) is 48.4 Å². The van der Waals surface area contributed by atoms with E-state index in [0.717, 1.165) is 35.8 Å². The molecule has 0 spiro atoms. The summed E-state index contributed by atoms with van der Waals surface area (Å²) in [6.45, 7) is 4.99. The molecule has 3 nitrogen and oxygen atoms in total. The molecule has 0 aliphatic carbocycles. The molecule has 0 bridgehead atoms. The third kappa shape index (κ3) is 3.03. The number of hydrogen-bond acceptors (Lipinski definition) is 4. The van der Waals surface area contributed by atoms with Gasteiger partial charge in [-0.15, -0.1) is 24.0 Å². The average molecular weight is 270 g/mol. The molecule has 0 radical (unpaired) electrons. The Hall–Kier alpha value is -0.520. The van der Waals surface area contributed by atoms with Crippen LogP contribution >= 0.6 is 24.0 Å². The van der Waals surface area contributed by atoms with E-state index in [-0.39, 0.29) is 11.9 Å². The highest BCUT2D eigenvalue weighted by Gasteiger charge is 2.25. The molecule has 1 aliphatic rings. The van der Waals surface area contributed by atoms with Crippen molar-refractivity contribution in [3.05, 3.63) is 16.3 Å². The maximum absolute atomic E-state index is 12.4. The molecular weight excluding hydrogens is 252 g/mol. The molecule has 1 saturated heterocycles. The van der Waals surface area contributed by atoms with E-state index in [2.05, 4.69) is 31.5 Å². The number of thiophene rings is 1. The first-order chi connectivity index (χ1) is 8.08. The number of thiol groups is 1. The van der Waals surface area contributed by atoms with Crippen molar-refractivity contribution in [3.8, 4) is 0 Å². The minimum Gasteiger partial charge on any atom is -0.334 e. The van der Waals surface area contributed by atoms with E-state index >= 15 is 0 Å². The van der Waals surface area contributed by atoms with Crippen LogP contribution in [0.4, 0.5) is 0 Å². The molecule has 1 unspecified atom stereocenters. The van der Waals surface area contributed by atoms with E-state index in [1.807, 2.05) is 16.3 Å². The van der Waals surface area contributed by atoms with Crippen LogP contribution in [0.5, 0.6) is 0 Å². The molecule has 5 heteroatoms. The largest absolute Gasteiger partial charge is 0.334 e. The fraction of sp³-hybridized carbons (Fsp3) is 0.583. The van der Waals surface area contributed by atoms with Crippen LogP contribution in [-0.2, 0) is 0 Å². The number of amides is 1. The minimum atomic E-state index is 0.151. The summed E-state index contributed by atoms with van der Waals surface area (Å²) < 4.78 is 0. The molecule has 1 aromatic heterocycles. The van der Waals surface area contributed by atoms with Crippen LogP contribution in [0.25, 0.3) is 0 Å². The predicted molar refractivity (Wildman–Crippen MR) is 74.2 cm³/mol. The standard InChI is InChI=1S/C12H18N2OS2/c1-9-7-13(2)4-3-5-14(9)12(15)11-6-10(16)8-17-11/h6,8-9,16H,3-5,7H2,1-2H3. The molecule has 0 aromatic carbocycles. The topological polar surface area (TPSA) is 23.6 Å². The van der Waals surface area contributed by atoms with E-state index in [1.165, 1.54) is 11.3 Å². The lowest BCUT2D eigenvalue weighted by Gasteiger charge is -2.27. The van der Waals surface area contributed by atoms with Crippen LogP contribution in [0.1, 0.15) is 23.0 Å². The van der Waals surface area contributed by atoms with Gasteiger partial charge >= 0.3 is 0 Å². The summed E-state index contributed by atoms with van der Waals surface area (Å²) >= 11 is 5.73. The predicted octanol–water partition coefficient (Wildman–Crippen LogP) is 2.20. The second-order valence-corrected chi connectivity index (χ2v) is 6.06. The number of rotatable bonds is 1. The first kappa shape index (κ1) is 12.9. The van der Waals surface area contributed by atoms with Crippen LogP contribution < -0.4 is 0 Å². The third-order valence-electron chi connectivity index (χ3n) is 3.10. The highest BCUT2D eigenvalue weighted by molar-refractivity contribution is 7.80. The van der Waals surface area contributed by atoms with Crippen LogP contribution in [0.2, 0.25) is 0 Å². The zero-order valence-electron chi connectivity index (χ0n) is 10.2. The Morgan fingerprint density at radius 2 is 2.29 bits per heavy atom. The lowest BCUT2D eigenvalue weighted by Crippen LogP contribution is -2.41. The van der Waals surface area contributed by atoms with Gasteiger partial charge in [-0.05, 0) is 33.0 Å². The molecule has 17 heavy (non-hydrogen) atoms. The summed E-state index contributed by atoms with van der Waals surface area (Å²) in [5, 5.41) is 1.91. The van der Waals surface area contributed by atoms with E-state index in [1.54, 1.807) is 0 Å². The van der Waals surface area contributed by atoms with Crippen LogP contribution in [0.15, 0.2) is 16.3 Å². The molecule has 0 N–H and O–H groups in total. The van der Waals surface area contributed by atoms with Gasteiger partial charge in [0, 0.05) is 29.4 Å². The van der Waals surface area contributed by atoms with Crippen molar-refractivity contribution in [3.63, 3.8) is 0 Å². The van der Waals surface area contributed by atoms with E-state index < -0.39 is 0 Å². The Bertz CT molecular complexity index is 405. The summed E-state index contributed by atoms with van der Waals surface area (Å²) in [6.07, 6.45) is 1.05. The van der Waals surface area contributed by atoms with Crippen molar-refractivity contribution < 1.29 is 4.79 Å². The number of carbonyl (C=O) groups is 1. The average Bonchev–Trinajstić information content (AvgIpc) is 2.62. The molecule has 2 heterocycles. The summed E-state index contributed by atoms with van der Waals surface area (Å²) in [5.41, 5.74) is 0. The number of carbonyl (C=O) groups excluding carboxylic acids is 1. The van der Waals surface area contributed by atoms with E-state index in [9.17, 15) is 4.79 Å². The molecule has 1 atom stereocenters.